The summed E-state index contributed by atoms with van der Waals surface area (Å²) in [6.07, 6.45) is 4.10. The predicted octanol–water partition coefficient (Wildman–Crippen LogP) is 3.23. The lowest BCUT2D eigenvalue weighted by Gasteiger charge is -2.12. The normalized spacial score (nSPS) is 17.0. The molecule has 2 N–H and O–H groups in total. The summed E-state index contributed by atoms with van der Waals surface area (Å²) >= 11 is 0. The molecular formula is C18H21N3O2. The maximum Gasteiger partial charge on any atom is 0.274 e. The van der Waals surface area contributed by atoms with Gasteiger partial charge in [0.1, 0.15) is 5.69 Å². The first-order chi connectivity index (χ1) is 11.2. The highest BCUT2D eigenvalue weighted by molar-refractivity contribution is 6.03. The molecular weight excluding hydrogens is 290 g/mol. The van der Waals surface area contributed by atoms with Crippen LogP contribution in [0.15, 0.2) is 42.6 Å². The van der Waals surface area contributed by atoms with Crippen molar-refractivity contribution in [2.45, 2.75) is 25.9 Å². The summed E-state index contributed by atoms with van der Waals surface area (Å²) in [6.45, 7) is 3.58. The van der Waals surface area contributed by atoms with Gasteiger partial charge in [0.25, 0.3) is 5.91 Å². The molecule has 1 saturated heterocycles. The van der Waals surface area contributed by atoms with Gasteiger partial charge < -0.3 is 15.4 Å². The van der Waals surface area contributed by atoms with Crippen molar-refractivity contribution in [2.24, 2.45) is 0 Å². The Kier molecular flexibility index (Phi) is 4.88. The second kappa shape index (κ2) is 7.24. The molecule has 1 aromatic carbocycles. The van der Waals surface area contributed by atoms with Crippen molar-refractivity contribution in [2.75, 3.05) is 23.8 Å². The summed E-state index contributed by atoms with van der Waals surface area (Å²) in [6, 6.07) is 11.3. The number of anilines is 2. The summed E-state index contributed by atoms with van der Waals surface area (Å²) in [5.74, 6) is -0.212. The zero-order valence-corrected chi connectivity index (χ0v) is 13.2. The maximum atomic E-state index is 12.3. The molecule has 1 fully saturated rings. The lowest BCUT2D eigenvalue weighted by atomic mass is 10.2. The van der Waals surface area contributed by atoms with E-state index in [0.29, 0.717) is 5.69 Å². The molecule has 5 heteroatoms. The van der Waals surface area contributed by atoms with Crippen molar-refractivity contribution in [3.8, 4) is 0 Å². The fraction of sp³-hybridized carbons (Fsp3) is 0.333. The number of benzene rings is 1. The van der Waals surface area contributed by atoms with Crippen molar-refractivity contribution in [3.63, 3.8) is 0 Å². The zero-order chi connectivity index (χ0) is 16.1. The molecule has 1 atom stereocenters. The molecule has 5 nitrogen and oxygen atoms in total. The third kappa shape index (κ3) is 4.29. The summed E-state index contributed by atoms with van der Waals surface area (Å²) in [7, 11) is 0. The average molecular weight is 311 g/mol. The van der Waals surface area contributed by atoms with Gasteiger partial charge in [-0.2, -0.15) is 0 Å². The highest BCUT2D eigenvalue weighted by Gasteiger charge is 2.15. The molecule has 1 aromatic heterocycles. The zero-order valence-electron chi connectivity index (χ0n) is 13.2. The standard InChI is InChI=1S/C18H21N3O2/c1-13-4-2-5-15(10-13)21-18(22)17-11-14(7-8-19-17)20-12-16-6-3-9-23-16/h2,4-5,7-8,10-11,16H,3,6,9,12H2,1H3,(H,19,20)(H,21,22). The number of ether oxygens (including phenoxy) is 1. The Balaban J connectivity index is 1.62. The topological polar surface area (TPSA) is 63.2 Å². The number of pyridine rings is 1. The summed E-state index contributed by atoms with van der Waals surface area (Å²) in [5.41, 5.74) is 3.14. The van der Waals surface area contributed by atoms with Crippen LogP contribution in [0.4, 0.5) is 11.4 Å². The first-order valence-corrected chi connectivity index (χ1v) is 7.90. The maximum absolute atomic E-state index is 12.3. The Hall–Kier alpha value is -2.40. The second-order valence-electron chi connectivity index (χ2n) is 5.77. The molecule has 23 heavy (non-hydrogen) atoms. The molecule has 0 aliphatic carbocycles. The molecule has 3 rings (SSSR count). The quantitative estimate of drug-likeness (QED) is 0.890. The summed E-state index contributed by atoms with van der Waals surface area (Å²) in [4.78, 5) is 16.5. The molecule has 2 aromatic rings. The number of rotatable bonds is 5. The second-order valence-corrected chi connectivity index (χ2v) is 5.77. The molecule has 1 aliphatic rings. The minimum absolute atomic E-state index is 0.212. The SMILES string of the molecule is Cc1cccc(NC(=O)c2cc(NCC3CCCO3)ccn2)c1. The van der Waals surface area contributed by atoms with E-state index in [1.54, 1.807) is 12.3 Å². The number of nitrogens with zero attached hydrogens (tertiary/aromatic N) is 1. The highest BCUT2D eigenvalue weighted by Crippen LogP contribution is 2.15. The lowest BCUT2D eigenvalue weighted by Crippen LogP contribution is -2.19. The number of aromatic nitrogens is 1. The van der Waals surface area contributed by atoms with Gasteiger partial charge in [0.05, 0.1) is 6.10 Å². The third-order valence-electron chi connectivity index (χ3n) is 3.83. The number of hydrogen-bond donors (Lipinski definition) is 2. The number of carbonyl (C=O) groups excluding carboxylic acids is 1. The Bertz CT molecular complexity index is 681. The van der Waals surface area contributed by atoms with Gasteiger partial charge in [-0.25, -0.2) is 0 Å². The van der Waals surface area contributed by atoms with E-state index in [2.05, 4.69) is 15.6 Å². The Labute approximate surface area is 136 Å². The molecule has 1 amide bonds. The van der Waals surface area contributed by atoms with Crippen molar-refractivity contribution in [1.82, 2.24) is 4.98 Å². The minimum Gasteiger partial charge on any atom is -0.382 e. The van der Waals surface area contributed by atoms with Crippen LogP contribution in [0, 0.1) is 6.92 Å². The van der Waals surface area contributed by atoms with Crippen LogP contribution in [0.1, 0.15) is 28.9 Å². The third-order valence-corrected chi connectivity index (χ3v) is 3.83. The molecule has 0 spiro atoms. The van der Waals surface area contributed by atoms with E-state index in [0.717, 1.165) is 42.9 Å². The molecule has 0 saturated carbocycles. The first kappa shape index (κ1) is 15.5. The van der Waals surface area contributed by atoms with E-state index >= 15 is 0 Å². The number of carbonyl (C=O) groups is 1. The molecule has 0 bridgehead atoms. The Morgan fingerprint density at radius 1 is 1.30 bits per heavy atom. The molecule has 120 valence electrons. The van der Waals surface area contributed by atoms with Crippen LogP contribution in [0.5, 0.6) is 0 Å². The van der Waals surface area contributed by atoms with Gasteiger partial charge in [-0.1, -0.05) is 12.1 Å². The summed E-state index contributed by atoms with van der Waals surface area (Å²) < 4.78 is 5.59. The van der Waals surface area contributed by atoms with Crippen LogP contribution in [0.25, 0.3) is 0 Å². The van der Waals surface area contributed by atoms with Gasteiger partial charge in [-0.3, -0.25) is 9.78 Å². The van der Waals surface area contributed by atoms with Gasteiger partial charge in [0.15, 0.2) is 0 Å². The van der Waals surface area contributed by atoms with E-state index in [-0.39, 0.29) is 12.0 Å². The van der Waals surface area contributed by atoms with Gasteiger partial charge in [-0.15, -0.1) is 0 Å². The van der Waals surface area contributed by atoms with Crippen LogP contribution < -0.4 is 10.6 Å². The number of nitrogens with one attached hydrogen (secondary N) is 2. The van der Waals surface area contributed by atoms with Gasteiger partial charge >= 0.3 is 0 Å². The largest absolute Gasteiger partial charge is 0.382 e. The van der Waals surface area contributed by atoms with Crippen molar-refractivity contribution in [1.29, 1.82) is 0 Å². The van der Waals surface area contributed by atoms with Gasteiger partial charge in [0, 0.05) is 30.7 Å². The van der Waals surface area contributed by atoms with E-state index in [9.17, 15) is 4.79 Å². The molecule has 2 heterocycles. The van der Waals surface area contributed by atoms with Gasteiger partial charge in [-0.05, 0) is 49.6 Å². The number of hydrogen-bond acceptors (Lipinski definition) is 4. The highest BCUT2D eigenvalue weighted by atomic mass is 16.5. The molecule has 1 unspecified atom stereocenters. The number of aryl methyl sites for hydroxylation is 1. The van der Waals surface area contributed by atoms with Crippen LogP contribution in [0.2, 0.25) is 0 Å². The van der Waals surface area contributed by atoms with Crippen molar-refractivity contribution < 1.29 is 9.53 Å². The van der Waals surface area contributed by atoms with Crippen LogP contribution in [-0.2, 0) is 4.74 Å². The predicted molar refractivity (Wildman–Crippen MR) is 90.8 cm³/mol. The number of amides is 1. The average Bonchev–Trinajstić information content (AvgIpc) is 3.07. The molecule has 1 aliphatic heterocycles. The monoisotopic (exact) mass is 311 g/mol. The van der Waals surface area contributed by atoms with Crippen LogP contribution in [-0.4, -0.2) is 30.1 Å². The molecule has 0 radical (unpaired) electrons. The lowest BCUT2D eigenvalue weighted by molar-refractivity contribution is 0.102. The van der Waals surface area contributed by atoms with E-state index in [4.69, 9.17) is 4.74 Å². The fourth-order valence-corrected chi connectivity index (χ4v) is 2.62. The van der Waals surface area contributed by atoms with E-state index in [1.165, 1.54) is 0 Å². The van der Waals surface area contributed by atoms with Gasteiger partial charge in [0.2, 0.25) is 0 Å². The first-order valence-electron chi connectivity index (χ1n) is 7.90. The van der Waals surface area contributed by atoms with E-state index < -0.39 is 0 Å². The Morgan fingerprint density at radius 2 is 2.22 bits per heavy atom. The van der Waals surface area contributed by atoms with Crippen LogP contribution in [0.3, 0.4) is 0 Å². The minimum atomic E-state index is -0.212. The van der Waals surface area contributed by atoms with E-state index in [1.807, 2.05) is 37.3 Å². The van der Waals surface area contributed by atoms with Crippen molar-refractivity contribution in [3.05, 3.63) is 53.9 Å². The van der Waals surface area contributed by atoms with Crippen LogP contribution >= 0.6 is 0 Å². The smallest absolute Gasteiger partial charge is 0.274 e. The van der Waals surface area contributed by atoms with Crippen molar-refractivity contribution >= 4 is 17.3 Å². The Morgan fingerprint density at radius 3 is 3.00 bits per heavy atom. The summed E-state index contributed by atoms with van der Waals surface area (Å²) in [5, 5.41) is 6.18. The fourth-order valence-electron chi connectivity index (χ4n) is 2.62.